The number of nitrogens with one attached hydrogen (secondary N) is 1. The van der Waals surface area contributed by atoms with Crippen molar-refractivity contribution in [2.24, 2.45) is 0 Å². The van der Waals surface area contributed by atoms with E-state index >= 15 is 0 Å². The highest BCUT2D eigenvalue weighted by Gasteiger charge is 2.30. The summed E-state index contributed by atoms with van der Waals surface area (Å²) in [7, 11) is 2.21. The van der Waals surface area contributed by atoms with Crippen molar-refractivity contribution in [2.45, 2.75) is 37.8 Å². The predicted octanol–water partition coefficient (Wildman–Crippen LogP) is 4.69. The third-order valence-electron chi connectivity index (χ3n) is 8.29. The minimum absolute atomic E-state index is 0.305. The van der Waals surface area contributed by atoms with Gasteiger partial charge in [-0.1, -0.05) is 24.3 Å². The SMILES string of the molecule is CN1CCN([C@H]2CC[C@H](n3nc(-c4ccc(Nc5nc6ccccc6o5)cc4)c4c(N)ncnc43)CC2)CC1. The number of nitrogens with zero attached hydrogens (tertiary/aromatic N) is 7. The summed E-state index contributed by atoms with van der Waals surface area (Å²) in [6.07, 6.45) is 6.08. The standard InChI is InChI=1S/C29H33N9O/c1-36-14-16-37(17-15-36)21-10-12-22(13-11-21)38-28-25(27(30)31-18-32-28)26(35-38)19-6-8-20(9-7-19)33-29-34-23-4-2-3-5-24(23)39-29/h2-9,18,21-22H,10-17H2,1H3,(H,33,34)(H2,30,31,32)/t21-,22-. The summed E-state index contributed by atoms with van der Waals surface area (Å²) >= 11 is 0. The minimum atomic E-state index is 0.305. The second kappa shape index (κ2) is 9.94. The molecule has 39 heavy (non-hydrogen) atoms. The van der Waals surface area contributed by atoms with Crippen molar-refractivity contribution in [1.29, 1.82) is 0 Å². The van der Waals surface area contributed by atoms with Crippen LogP contribution in [0.5, 0.6) is 0 Å². The predicted molar refractivity (Wildman–Crippen MR) is 153 cm³/mol. The number of fused-ring (bicyclic) bond motifs is 2. The Labute approximate surface area is 226 Å². The molecule has 0 spiro atoms. The normalized spacial score (nSPS) is 21.1. The molecule has 0 bridgehead atoms. The van der Waals surface area contributed by atoms with Crippen molar-refractivity contribution in [3.63, 3.8) is 0 Å². The summed E-state index contributed by atoms with van der Waals surface area (Å²) in [5.41, 5.74) is 11.4. The number of para-hydroxylation sites is 2. The number of oxazole rings is 1. The summed E-state index contributed by atoms with van der Waals surface area (Å²) in [5, 5.41) is 9.17. The Morgan fingerprint density at radius 3 is 2.41 bits per heavy atom. The van der Waals surface area contributed by atoms with Gasteiger partial charge in [0.2, 0.25) is 0 Å². The second-order valence-corrected chi connectivity index (χ2v) is 10.7. The van der Waals surface area contributed by atoms with Crippen molar-refractivity contribution in [2.75, 3.05) is 44.3 Å². The van der Waals surface area contributed by atoms with Gasteiger partial charge < -0.3 is 20.4 Å². The maximum atomic E-state index is 6.39. The van der Waals surface area contributed by atoms with Crippen molar-refractivity contribution in [3.05, 3.63) is 54.9 Å². The van der Waals surface area contributed by atoms with Crippen LogP contribution in [0, 0.1) is 0 Å². The number of anilines is 3. The van der Waals surface area contributed by atoms with Gasteiger partial charge in [0.15, 0.2) is 11.2 Å². The molecule has 3 N–H and O–H groups in total. The van der Waals surface area contributed by atoms with Gasteiger partial charge in [0.25, 0.3) is 6.01 Å². The minimum Gasteiger partial charge on any atom is -0.423 e. The molecule has 2 fully saturated rings. The molecule has 10 nitrogen and oxygen atoms in total. The van der Waals surface area contributed by atoms with E-state index in [9.17, 15) is 0 Å². The summed E-state index contributed by atoms with van der Waals surface area (Å²) < 4.78 is 7.91. The van der Waals surface area contributed by atoms with E-state index in [2.05, 4.69) is 41.8 Å². The molecule has 1 aliphatic carbocycles. The van der Waals surface area contributed by atoms with Gasteiger partial charge in [-0.2, -0.15) is 10.1 Å². The summed E-state index contributed by atoms with van der Waals surface area (Å²) in [4.78, 5) is 18.5. The van der Waals surface area contributed by atoms with Crippen LogP contribution in [-0.2, 0) is 0 Å². The maximum Gasteiger partial charge on any atom is 0.300 e. The molecule has 7 rings (SSSR count). The van der Waals surface area contributed by atoms with Crippen molar-refractivity contribution in [1.82, 2.24) is 34.5 Å². The number of nitrogens with two attached hydrogens (primary N) is 1. The highest BCUT2D eigenvalue weighted by molar-refractivity contribution is 5.98. The van der Waals surface area contributed by atoms with E-state index in [4.69, 9.17) is 15.2 Å². The molecule has 0 unspecified atom stereocenters. The van der Waals surface area contributed by atoms with Crippen LogP contribution in [0.25, 0.3) is 33.4 Å². The van der Waals surface area contributed by atoms with E-state index in [-0.39, 0.29) is 0 Å². The first-order chi connectivity index (χ1) is 19.1. The van der Waals surface area contributed by atoms with E-state index in [1.807, 2.05) is 48.5 Å². The third-order valence-corrected chi connectivity index (χ3v) is 8.29. The van der Waals surface area contributed by atoms with Crippen LogP contribution in [0.15, 0.2) is 59.3 Å². The van der Waals surface area contributed by atoms with E-state index in [0.717, 1.165) is 65.0 Å². The largest absolute Gasteiger partial charge is 0.423 e. The van der Waals surface area contributed by atoms with Gasteiger partial charge in [0.05, 0.1) is 11.4 Å². The Bertz CT molecular complexity index is 1560. The fraction of sp³-hybridized carbons (Fsp3) is 0.379. The lowest BCUT2D eigenvalue weighted by Gasteiger charge is -2.41. The van der Waals surface area contributed by atoms with E-state index in [0.29, 0.717) is 23.9 Å². The number of aromatic nitrogens is 5. The highest BCUT2D eigenvalue weighted by Crippen LogP contribution is 2.37. The molecule has 2 aliphatic rings. The van der Waals surface area contributed by atoms with E-state index in [1.165, 1.54) is 25.9 Å². The molecule has 1 saturated heterocycles. The van der Waals surface area contributed by atoms with Crippen LogP contribution in [0.2, 0.25) is 0 Å². The molecular formula is C29H33N9O. The van der Waals surface area contributed by atoms with Crippen LogP contribution in [0.1, 0.15) is 31.7 Å². The average molecular weight is 524 g/mol. The zero-order chi connectivity index (χ0) is 26.3. The number of hydrogen-bond acceptors (Lipinski definition) is 9. The molecule has 0 amide bonds. The Hall–Kier alpha value is -4.02. The molecule has 0 radical (unpaired) electrons. The quantitative estimate of drug-likeness (QED) is 0.338. The Kier molecular flexibility index (Phi) is 6.13. The Morgan fingerprint density at radius 2 is 1.64 bits per heavy atom. The molecule has 200 valence electrons. The van der Waals surface area contributed by atoms with Gasteiger partial charge in [0.1, 0.15) is 23.4 Å². The smallest absolute Gasteiger partial charge is 0.300 e. The molecule has 2 aromatic carbocycles. The topological polar surface area (TPSA) is 114 Å². The lowest BCUT2D eigenvalue weighted by molar-refractivity contribution is 0.0815. The molecular weight excluding hydrogens is 490 g/mol. The van der Waals surface area contributed by atoms with Gasteiger partial charge in [-0.15, -0.1) is 0 Å². The van der Waals surface area contributed by atoms with Crippen LogP contribution in [0.4, 0.5) is 17.5 Å². The van der Waals surface area contributed by atoms with Crippen LogP contribution < -0.4 is 11.1 Å². The zero-order valence-electron chi connectivity index (χ0n) is 22.1. The van der Waals surface area contributed by atoms with Crippen LogP contribution in [-0.4, -0.2) is 73.8 Å². The summed E-state index contributed by atoms with van der Waals surface area (Å²) in [6.45, 7) is 4.65. The summed E-state index contributed by atoms with van der Waals surface area (Å²) in [6, 6.07) is 17.2. The fourth-order valence-corrected chi connectivity index (χ4v) is 6.07. The average Bonchev–Trinajstić information content (AvgIpc) is 3.56. The molecule has 10 heteroatoms. The second-order valence-electron chi connectivity index (χ2n) is 10.7. The van der Waals surface area contributed by atoms with Gasteiger partial charge in [0, 0.05) is 43.5 Å². The number of benzene rings is 2. The molecule has 4 heterocycles. The first kappa shape index (κ1) is 24.1. The van der Waals surface area contributed by atoms with Crippen LogP contribution in [0.3, 0.4) is 0 Å². The maximum absolute atomic E-state index is 6.39. The van der Waals surface area contributed by atoms with Gasteiger partial charge >= 0.3 is 0 Å². The molecule has 1 aliphatic heterocycles. The first-order valence-electron chi connectivity index (χ1n) is 13.8. The Balaban J connectivity index is 1.12. The summed E-state index contributed by atoms with van der Waals surface area (Å²) in [5.74, 6) is 0.459. The van der Waals surface area contributed by atoms with E-state index < -0.39 is 0 Å². The third kappa shape index (κ3) is 4.59. The molecule has 5 aromatic rings. The van der Waals surface area contributed by atoms with E-state index in [1.54, 1.807) is 6.33 Å². The Morgan fingerprint density at radius 1 is 0.897 bits per heavy atom. The van der Waals surface area contributed by atoms with Crippen molar-refractivity contribution in [3.8, 4) is 11.3 Å². The lowest BCUT2D eigenvalue weighted by atomic mass is 9.90. The van der Waals surface area contributed by atoms with Gasteiger partial charge in [-0.05, 0) is 57.0 Å². The molecule has 3 aromatic heterocycles. The highest BCUT2D eigenvalue weighted by atomic mass is 16.4. The number of nitrogen functional groups attached to an aromatic ring is 1. The van der Waals surface area contributed by atoms with Crippen molar-refractivity contribution >= 4 is 39.7 Å². The van der Waals surface area contributed by atoms with Gasteiger partial charge in [-0.3, -0.25) is 4.90 Å². The van der Waals surface area contributed by atoms with Crippen LogP contribution >= 0.6 is 0 Å². The van der Waals surface area contributed by atoms with Gasteiger partial charge in [-0.25, -0.2) is 14.6 Å². The number of rotatable bonds is 5. The monoisotopic (exact) mass is 523 g/mol. The van der Waals surface area contributed by atoms with Crippen molar-refractivity contribution < 1.29 is 4.42 Å². The lowest BCUT2D eigenvalue weighted by Crippen LogP contribution is -2.49. The number of piperazine rings is 1. The number of hydrogen-bond donors (Lipinski definition) is 2. The number of likely N-dealkylation sites (N-methyl/N-ethyl adjacent to an activating group) is 1. The molecule has 0 atom stereocenters. The fourth-order valence-electron chi connectivity index (χ4n) is 6.07. The zero-order valence-corrected chi connectivity index (χ0v) is 22.1. The molecule has 1 saturated carbocycles. The first-order valence-corrected chi connectivity index (χ1v) is 13.8.